The highest BCUT2D eigenvalue weighted by atomic mass is 16.5. The zero-order chi connectivity index (χ0) is 14.3. The van der Waals surface area contributed by atoms with Gasteiger partial charge in [0, 0.05) is 6.04 Å². The number of ether oxygens (including phenoxy) is 1. The van der Waals surface area contributed by atoms with E-state index >= 15 is 0 Å². The molecule has 0 saturated heterocycles. The van der Waals surface area contributed by atoms with Gasteiger partial charge in [0.15, 0.2) is 0 Å². The van der Waals surface area contributed by atoms with Crippen molar-refractivity contribution in [3.8, 4) is 0 Å². The summed E-state index contributed by atoms with van der Waals surface area (Å²) < 4.78 is 4.86. The maximum Gasteiger partial charge on any atom is 0.322 e. The van der Waals surface area contributed by atoms with Gasteiger partial charge in [-0.1, -0.05) is 0 Å². The minimum absolute atomic E-state index is 0.131. The molecule has 0 aromatic carbocycles. The molecule has 1 saturated carbocycles. The highest BCUT2D eigenvalue weighted by Crippen LogP contribution is 2.20. The van der Waals surface area contributed by atoms with E-state index in [-0.39, 0.29) is 12.0 Å². The molecule has 0 amide bonds. The third-order valence-corrected chi connectivity index (χ3v) is 3.44. The lowest BCUT2D eigenvalue weighted by molar-refractivity contribution is -0.143. The lowest BCUT2D eigenvalue weighted by atomic mass is 10.2. The quantitative estimate of drug-likeness (QED) is 0.588. The second-order valence-corrected chi connectivity index (χ2v) is 5.77. The number of carbonyl (C=O) groups excluding carboxylic acids is 1. The summed E-state index contributed by atoms with van der Waals surface area (Å²) in [5, 5.41) is 3.36. The van der Waals surface area contributed by atoms with Crippen LogP contribution in [-0.4, -0.2) is 75.7 Å². The van der Waals surface area contributed by atoms with Crippen LogP contribution < -0.4 is 5.32 Å². The van der Waals surface area contributed by atoms with Crippen molar-refractivity contribution in [3.05, 3.63) is 0 Å². The Balaban J connectivity index is 2.19. The lowest BCUT2D eigenvalue weighted by Gasteiger charge is -2.21. The summed E-state index contributed by atoms with van der Waals surface area (Å²) >= 11 is 0. The number of nitrogens with one attached hydrogen (secondary N) is 1. The fourth-order valence-electron chi connectivity index (χ4n) is 2.06. The van der Waals surface area contributed by atoms with Crippen LogP contribution in [0.5, 0.6) is 0 Å². The Morgan fingerprint density at radius 3 is 2.47 bits per heavy atom. The van der Waals surface area contributed by atoms with Crippen LogP contribution in [0.25, 0.3) is 0 Å². The van der Waals surface area contributed by atoms with E-state index in [1.807, 2.05) is 0 Å². The predicted octanol–water partition coefficient (Wildman–Crippen LogP) is 0.554. The fraction of sp³-hybridized carbons (Fsp3) is 0.929. The summed E-state index contributed by atoms with van der Waals surface area (Å²) in [7, 11) is 7.76. The van der Waals surface area contributed by atoms with Gasteiger partial charge in [-0.05, 0) is 66.5 Å². The molecular formula is C14H29N3O2. The molecule has 1 unspecified atom stereocenters. The van der Waals surface area contributed by atoms with Gasteiger partial charge in [0.1, 0.15) is 6.04 Å². The fourth-order valence-corrected chi connectivity index (χ4v) is 2.06. The van der Waals surface area contributed by atoms with Crippen molar-refractivity contribution in [3.63, 3.8) is 0 Å². The van der Waals surface area contributed by atoms with Gasteiger partial charge in [-0.15, -0.1) is 0 Å². The van der Waals surface area contributed by atoms with Gasteiger partial charge in [-0.2, -0.15) is 0 Å². The third kappa shape index (κ3) is 7.50. The third-order valence-electron chi connectivity index (χ3n) is 3.44. The van der Waals surface area contributed by atoms with Crippen LogP contribution in [0.1, 0.15) is 25.7 Å². The van der Waals surface area contributed by atoms with Crippen LogP contribution in [0.15, 0.2) is 0 Å². The van der Waals surface area contributed by atoms with Crippen molar-refractivity contribution in [2.45, 2.75) is 37.8 Å². The molecule has 1 rings (SSSR count). The van der Waals surface area contributed by atoms with E-state index in [1.165, 1.54) is 20.0 Å². The van der Waals surface area contributed by atoms with E-state index in [1.54, 1.807) is 0 Å². The van der Waals surface area contributed by atoms with E-state index < -0.39 is 0 Å². The van der Waals surface area contributed by atoms with Gasteiger partial charge in [0.25, 0.3) is 0 Å². The molecule has 1 N–H and O–H groups in total. The molecule has 0 aromatic rings. The molecule has 1 atom stereocenters. The average molecular weight is 271 g/mol. The van der Waals surface area contributed by atoms with Crippen molar-refractivity contribution >= 4 is 5.97 Å². The first-order valence-electron chi connectivity index (χ1n) is 7.20. The van der Waals surface area contributed by atoms with E-state index in [0.29, 0.717) is 6.04 Å². The van der Waals surface area contributed by atoms with Crippen molar-refractivity contribution in [2.75, 3.05) is 47.9 Å². The van der Waals surface area contributed by atoms with Crippen molar-refractivity contribution in [1.82, 2.24) is 15.1 Å². The SMILES string of the molecule is COC(=O)C(CCN(C)CCCN(C)C)NC1CC1. The predicted molar refractivity (Wildman–Crippen MR) is 77.2 cm³/mol. The first-order valence-corrected chi connectivity index (χ1v) is 7.20. The number of esters is 1. The Hall–Kier alpha value is -0.650. The summed E-state index contributed by atoms with van der Waals surface area (Å²) in [6.07, 6.45) is 4.35. The molecule has 1 aliphatic rings. The van der Waals surface area contributed by atoms with Gasteiger partial charge in [-0.3, -0.25) is 4.79 Å². The number of hydrogen-bond donors (Lipinski definition) is 1. The van der Waals surface area contributed by atoms with Gasteiger partial charge in [0.2, 0.25) is 0 Å². The molecule has 0 aromatic heterocycles. The van der Waals surface area contributed by atoms with Crippen molar-refractivity contribution in [2.24, 2.45) is 0 Å². The monoisotopic (exact) mass is 271 g/mol. The number of rotatable bonds is 10. The lowest BCUT2D eigenvalue weighted by Crippen LogP contribution is -2.41. The molecule has 0 aliphatic heterocycles. The molecule has 0 radical (unpaired) electrons. The molecule has 5 nitrogen and oxygen atoms in total. The van der Waals surface area contributed by atoms with Crippen LogP contribution in [0, 0.1) is 0 Å². The summed E-state index contributed by atoms with van der Waals surface area (Å²) in [5.41, 5.74) is 0. The molecule has 19 heavy (non-hydrogen) atoms. The Morgan fingerprint density at radius 1 is 1.26 bits per heavy atom. The maximum atomic E-state index is 11.7. The summed E-state index contributed by atoms with van der Waals surface area (Å²) in [4.78, 5) is 16.2. The topological polar surface area (TPSA) is 44.8 Å². The van der Waals surface area contributed by atoms with Gasteiger partial charge < -0.3 is 19.9 Å². The molecular weight excluding hydrogens is 242 g/mol. The molecule has 0 spiro atoms. The molecule has 0 heterocycles. The van der Waals surface area contributed by atoms with Crippen LogP contribution in [-0.2, 0) is 9.53 Å². The largest absolute Gasteiger partial charge is 0.468 e. The first-order chi connectivity index (χ1) is 9.02. The highest BCUT2D eigenvalue weighted by Gasteiger charge is 2.28. The minimum Gasteiger partial charge on any atom is -0.468 e. The van der Waals surface area contributed by atoms with E-state index in [2.05, 4.69) is 36.3 Å². The molecule has 1 aliphatic carbocycles. The van der Waals surface area contributed by atoms with Crippen LogP contribution in [0.2, 0.25) is 0 Å². The van der Waals surface area contributed by atoms with Gasteiger partial charge in [0.05, 0.1) is 7.11 Å². The Morgan fingerprint density at radius 2 is 1.95 bits per heavy atom. The number of carbonyl (C=O) groups is 1. The van der Waals surface area contributed by atoms with Crippen LogP contribution in [0.3, 0.4) is 0 Å². The minimum atomic E-state index is -0.145. The normalized spacial score (nSPS) is 16.9. The van der Waals surface area contributed by atoms with E-state index in [9.17, 15) is 4.79 Å². The Bertz CT molecular complexity index is 267. The summed E-state index contributed by atoms with van der Waals surface area (Å²) in [5.74, 6) is -0.131. The van der Waals surface area contributed by atoms with E-state index in [0.717, 1.165) is 32.5 Å². The highest BCUT2D eigenvalue weighted by molar-refractivity contribution is 5.75. The Kier molecular flexibility index (Phi) is 7.34. The van der Waals surface area contributed by atoms with Gasteiger partial charge in [-0.25, -0.2) is 0 Å². The molecule has 112 valence electrons. The van der Waals surface area contributed by atoms with Crippen LogP contribution in [0.4, 0.5) is 0 Å². The van der Waals surface area contributed by atoms with Crippen LogP contribution >= 0.6 is 0 Å². The zero-order valence-corrected chi connectivity index (χ0v) is 12.8. The molecule has 5 heteroatoms. The average Bonchev–Trinajstić information content (AvgIpc) is 3.16. The van der Waals surface area contributed by atoms with Crippen molar-refractivity contribution in [1.29, 1.82) is 0 Å². The number of nitrogens with zero attached hydrogens (tertiary/aromatic N) is 2. The second kappa shape index (κ2) is 8.51. The van der Waals surface area contributed by atoms with Crippen molar-refractivity contribution < 1.29 is 9.53 Å². The summed E-state index contributed by atoms with van der Waals surface area (Å²) in [6.45, 7) is 3.09. The smallest absolute Gasteiger partial charge is 0.322 e. The molecule has 1 fully saturated rings. The van der Waals surface area contributed by atoms with E-state index in [4.69, 9.17) is 4.74 Å². The number of methoxy groups -OCH3 is 1. The standard InChI is InChI=1S/C14H29N3O2/c1-16(2)9-5-10-17(3)11-8-13(14(18)19-4)15-12-6-7-12/h12-13,15H,5-11H2,1-4H3. The zero-order valence-electron chi connectivity index (χ0n) is 12.8. The number of hydrogen-bond acceptors (Lipinski definition) is 5. The second-order valence-electron chi connectivity index (χ2n) is 5.77. The molecule has 0 bridgehead atoms. The first kappa shape index (κ1) is 16.4. The summed E-state index contributed by atoms with van der Waals surface area (Å²) in [6, 6.07) is 0.386. The Labute approximate surface area is 117 Å². The maximum absolute atomic E-state index is 11.7. The van der Waals surface area contributed by atoms with Gasteiger partial charge >= 0.3 is 5.97 Å².